The minimum absolute atomic E-state index is 0.0142. The van der Waals surface area contributed by atoms with Crippen LogP contribution in [0.1, 0.15) is 28.8 Å². The van der Waals surface area contributed by atoms with Crippen molar-refractivity contribution < 1.29 is 4.79 Å². The summed E-state index contributed by atoms with van der Waals surface area (Å²) in [6.07, 6.45) is 2.61. The van der Waals surface area contributed by atoms with E-state index in [9.17, 15) is 4.79 Å². The van der Waals surface area contributed by atoms with Crippen LogP contribution in [-0.4, -0.2) is 37.0 Å². The van der Waals surface area contributed by atoms with E-state index in [1.807, 2.05) is 24.3 Å². The van der Waals surface area contributed by atoms with Crippen molar-refractivity contribution in [2.75, 3.05) is 20.1 Å². The zero-order chi connectivity index (χ0) is 13.0. The minimum Gasteiger partial charge on any atom is -0.351 e. The number of amides is 1. The number of hydrogen-bond acceptors (Lipinski definition) is 2. The second-order valence-electron chi connectivity index (χ2n) is 4.80. The Morgan fingerprint density at radius 3 is 2.61 bits per heavy atom. The van der Waals surface area contributed by atoms with Gasteiger partial charge in [0.05, 0.1) is 0 Å². The Balaban J connectivity index is 1.75. The van der Waals surface area contributed by atoms with Crippen LogP contribution in [0.5, 0.6) is 0 Å². The molecule has 0 spiro atoms. The van der Waals surface area contributed by atoms with E-state index >= 15 is 0 Å². The van der Waals surface area contributed by atoms with Crippen molar-refractivity contribution in [2.45, 2.75) is 24.2 Å². The highest BCUT2D eigenvalue weighted by molar-refractivity contribution is 9.08. The number of carbonyl (C=O) groups is 1. The van der Waals surface area contributed by atoms with Crippen molar-refractivity contribution in [2.24, 2.45) is 0 Å². The standard InChI is InChI=1S/C14H19BrN2O/c1-17(13-6-7-13)9-8-16-14(18)12-4-2-11(10-15)3-5-12/h2-5,13H,6-10H2,1H3,(H,16,18). The Bertz CT molecular complexity index is 401. The average molecular weight is 311 g/mol. The highest BCUT2D eigenvalue weighted by Gasteiger charge is 2.25. The van der Waals surface area contributed by atoms with Crippen LogP contribution in [0.2, 0.25) is 0 Å². The first-order valence-electron chi connectivity index (χ1n) is 6.34. The molecule has 1 amide bonds. The van der Waals surface area contributed by atoms with Crippen molar-refractivity contribution in [3.05, 3.63) is 35.4 Å². The monoisotopic (exact) mass is 310 g/mol. The van der Waals surface area contributed by atoms with Crippen molar-refractivity contribution in [1.82, 2.24) is 10.2 Å². The van der Waals surface area contributed by atoms with E-state index in [0.29, 0.717) is 6.54 Å². The van der Waals surface area contributed by atoms with Crippen molar-refractivity contribution >= 4 is 21.8 Å². The Labute approximate surface area is 117 Å². The van der Waals surface area contributed by atoms with Crippen LogP contribution >= 0.6 is 15.9 Å². The lowest BCUT2D eigenvalue weighted by Crippen LogP contribution is -2.33. The van der Waals surface area contributed by atoms with Gasteiger partial charge in [0.15, 0.2) is 0 Å². The predicted molar refractivity (Wildman–Crippen MR) is 77.1 cm³/mol. The van der Waals surface area contributed by atoms with Gasteiger partial charge in [0.2, 0.25) is 0 Å². The van der Waals surface area contributed by atoms with Gasteiger partial charge >= 0.3 is 0 Å². The first-order chi connectivity index (χ1) is 8.70. The van der Waals surface area contributed by atoms with Gasteiger partial charge in [-0.05, 0) is 37.6 Å². The summed E-state index contributed by atoms with van der Waals surface area (Å²) < 4.78 is 0. The van der Waals surface area contributed by atoms with Crippen LogP contribution in [0.15, 0.2) is 24.3 Å². The molecule has 1 aliphatic carbocycles. The van der Waals surface area contributed by atoms with Gasteiger partial charge in [-0.3, -0.25) is 4.79 Å². The quantitative estimate of drug-likeness (QED) is 0.818. The Kier molecular flexibility index (Phi) is 4.78. The van der Waals surface area contributed by atoms with Crippen LogP contribution in [-0.2, 0) is 5.33 Å². The molecule has 0 unspecified atom stereocenters. The summed E-state index contributed by atoms with van der Waals surface area (Å²) in [5, 5.41) is 3.78. The van der Waals surface area contributed by atoms with E-state index in [1.54, 1.807) is 0 Å². The maximum absolute atomic E-state index is 11.9. The molecule has 18 heavy (non-hydrogen) atoms. The fourth-order valence-corrected chi connectivity index (χ4v) is 2.26. The fraction of sp³-hybridized carbons (Fsp3) is 0.500. The molecule has 0 atom stereocenters. The summed E-state index contributed by atoms with van der Waals surface area (Å²) in [6, 6.07) is 8.44. The highest BCUT2D eigenvalue weighted by Crippen LogP contribution is 2.24. The molecule has 0 saturated heterocycles. The Morgan fingerprint density at radius 1 is 1.39 bits per heavy atom. The second kappa shape index (κ2) is 6.34. The third kappa shape index (κ3) is 3.82. The van der Waals surface area contributed by atoms with Crippen LogP contribution in [0.25, 0.3) is 0 Å². The molecular formula is C14H19BrN2O. The van der Waals surface area contributed by atoms with E-state index in [1.165, 1.54) is 18.4 Å². The Hall–Kier alpha value is -0.870. The lowest BCUT2D eigenvalue weighted by Gasteiger charge is -2.15. The number of rotatable bonds is 6. The molecule has 98 valence electrons. The third-order valence-electron chi connectivity index (χ3n) is 3.29. The molecule has 1 aromatic carbocycles. The molecule has 0 aliphatic heterocycles. The maximum Gasteiger partial charge on any atom is 0.251 e. The van der Waals surface area contributed by atoms with Crippen LogP contribution in [0.4, 0.5) is 0 Å². The van der Waals surface area contributed by atoms with Crippen molar-refractivity contribution in [3.63, 3.8) is 0 Å². The largest absolute Gasteiger partial charge is 0.351 e. The summed E-state index contributed by atoms with van der Waals surface area (Å²) in [4.78, 5) is 14.2. The molecule has 0 bridgehead atoms. The van der Waals surface area contributed by atoms with Gasteiger partial charge in [-0.15, -0.1) is 0 Å². The molecule has 2 rings (SSSR count). The molecule has 0 aromatic heterocycles. The molecule has 0 heterocycles. The first kappa shape index (κ1) is 13.6. The zero-order valence-corrected chi connectivity index (χ0v) is 12.2. The van der Waals surface area contributed by atoms with Gasteiger partial charge in [0.1, 0.15) is 0 Å². The van der Waals surface area contributed by atoms with Gasteiger partial charge in [-0.25, -0.2) is 0 Å². The van der Waals surface area contributed by atoms with Gasteiger partial charge < -0.3 is 10.2 Å². The maximum atomic E-state index is 11.9. The first-order valence-corrected chi connectivity index (χ1v) is 7.46. The normalized spacial score (nSPS) is 14.8. The molecular weight excluding hydrogens is 292 g/mol. The summed E-state index contributed by atoms with van der Waals surface area (Å²) in [7, 11) is 2.12. The summed E-state index contributed by atoms with van der Waals surface area (Å²) >= 11 is 3.39. The van der Waals surface area contributed by atoms with E-state index in [4.69, 9.17) is 0 Å². The van der Waals surface area contributed by atoms with E-state index < -0.39 is 0 Å². The topological polar surface area (TPSA) is 32.3 Å². The number of alkyl halides is 1. The average Bonchev–Trinajstić information content (AvgIpc) is 3.23. The van der Waals surface area contributed by atoms with Crippen molar-refractivity contribution in [1.29, 1.82) is 0 Å². The van der Waals surface area contributed by atoms with Gasteiger partial charge in [0.25, 0.3) is 5.91 Å². The molecule has 0 radical (unpaired) electrons. The molecule has 1 N–H and O–H groups in total. The second-order valence-corrected chi connectivity index (χ2v) is 5.36. The number of nitrogens with zero attached hydrogens (tertiary/aromatic N) is 1. The van der Waals surface area contributed by atoms with Crippen LogP contribution in [0, 0.1) is 0 Å². The summed E-state index contributed by atoms with van der Waals surface area (Å²) in [5.41, 5.74) is 1.91. The lowest BCUT2D eigenvalue weighted by atomic mass is 10.1. The van der Waals surface area contributed by atoms with E-state index in [-0.39, 0.29) is 5.91 Å². The number of carbonyl (C=O) groups excluding carboxylic acids is 1. The van der Waals surface area contributed by atoms with Crippen LogP contribution < -0.4 is 5.32 Å². The number of hydrogen-bond donors (Lipinski definition) is 1. The van der Waals surface area contributed by atoms with Crippen LogP contribution in [0.3, 0.4) is 0 Å². The van der Waals surface area contributed by atoms with E-state index in [0.717, 1.165) is 23.5 Å². The highest BCUT2D eigenvalue weighted by atomic mass is 79.9. The van der Waals surface area contributed by atoms with E-state index in [2.05, 4.69) is 33.2 Å². The zero-order valence-electron chi connectivity index (χ0n) is 10.7. The molecule has 1 aromatic rings. The van der Waals surface area contributed by atoms with Gasteiger partial charge in [-0.2, -0.15) is 0 Å². The summed E-state index contributed by atoms with van der Waals surface area (Å²) in [6.45, 7) is 1.64. The fourth-order valence-electron chi connectivity index (χ4n) is 1.89. The molecule has 1 aliphatic rings. The van der Waals surface area contributed by atoms with Crippen molar-refractivity contribution in [3.8, 4) is 0 Å². The Morgan fingerprint density at radius 2 is 2.06 bits per heavy atom. The SMILES string of the molecule is CN(CCNC(=O)c1ccc(CBr)cc1)C1CC1. The number of benzene rings is 1. The smallest absolute Gasteiger partial charge is 0.251 e. The number of nitrogens with one attached hydrogen (secondary N) is 1. The van der Waals surface area contributed by atoms with Gasteiger partial charge in [0, 0.05) is 30.0 Å². The van der Waals surface area contributed by atoms with Gasteiger partial charge in [-0.1, -0.05) is 28.1 Å². The third-order valence-corrected chi connectivity index (χ3v) is 3.94. The number of likely N-dealkylation sites (N-methyl/N-ethyl adjacent to an activating group) is 1. The lowest BCUT2D eigenvalue weighted by molar-refractivity contribution is 0.0949. The molecule has 1 fully saturated rings. The molecule has 4 heteroatoms. The minimum atomic E-state index is 0.0142. The molecule has 3 nitrogen and oxygen atoms in total. The summed E-state index contributed by atoms with van der Waals surface area (Å²) in [5.74, 6) is 0.0142. The number of halogens is 1. The molecule has 1 saturated carbocycles. The predicted octanol–water partition coefficient (Wildman–Crippen LogP) is 2.41.